The fraction of sp³-hybridized carbons (Fsp3) is 0.214. The Kier molecular flexibility index (Phi) is 4.25. The van der Waals surface area contributed by atoms with Crippen molar-refractivity contribution in [2.75, 3.05) is 0 Å². The summed E-state index contributed by atoms with van der Waals surface area (Å²) < 4.78 is 1.00. The molecule has 0 aliphatic heterocycles. The standard InChI is InChI=1S/C14H12BrClOS/c1-3-12(17)14-5-4-13(18-14)9-7-11(16)8(2)6-10(9)15/h4-7H,3H2,1-2H3. The summed E-state index contributed by atoms with van der Waals surface area (Å²) in [6.45, 7) is 3.84. The third-order valence-electron chi connectivity index (χ3n) is 2.72. The minimum Gasteiger partial charge on any atom is -0.293 e. The maximum Gasteiger partial charge on any atom is 0.172 e. The van der Waals surface area contributed by atoms with E-state index >= 15 is 0 Å². The van der Waals surface area contributed by atoms with Crippen molar-refractivity contribution < 1.29 is 4.79 Å². The van der Waals surface area contributed by atoms with E-state index in [1.807, 2.05) is 38.1 Å². The third kappa shape index (κ3) is 2.68. The van der Waals surface area contributed by atoms with Crippen molar-refractivity contribution in [3.05, 3.63) is 44.2 Å². The van der Waals surface area contributed by atoms with E-state index < -0.39 is 0 Å². The first-order valence-electron chi connectivity index (χ1n) is 5.62. The third-order valence-corrected chi connectivity index (χ3v) is 4.94. The van der Waals surface area contributed by atoms with E-state index in [9.17, 15) is 4.79 Å². The number of thiophene rings is 1. The van der Waals surface area contributed by atoms with E-state index in [2.05, 4.69) is 15.9 Å². The molecule has 0 amide bonds. The van der Waals surface area contributed by atoms with Gasteiger partial charge in [0.15, 0.2) is 5.78 Å². The molecule has 1 heterocycles. The molecule has 1 aromatic heterocycles. The van der Waals surface area contributed by atoms with Crippen molar-refractivity contribution in [2.45, 2.75) is 20.3 Å². The van der Waals surface area contributed by atoms with Crippen molar-refractivity contribution in [1.29, 1.82) is 0 Å². The lowest BCUT2D eigenvalue weighted by atomic mass is 10.1. The molecule has 0 atom stereocenters. The molecule has 2 rings (SSSR count). The summed E-state index contributed by atoms with van der Waals surface area (Å²) in [5, 5.41) is 0.741. The number of aryl methyl sites for hydroxylation is 1. The van der Waals surface area contributed by atoms with Crippen LogP contribution in [0.25, 0.3) is 10.4 Å². The van der Waals surface area contributed by atoms with Gasteiger partial charge in [-0.05, 0) is 36.8 Å². The second-order valence-electron chi connectivity index (χ2n) is 4.02. The number of Topliss-reactive ketones (excluding diaryl/α,β-unsaturated/α-hetero) is 1. The number of carbonyl (C=O) groups excluding carboxylic acids is 1. The second-order valence-corrected chi connectivity index (χ2v) is 6.37. The average Bonchev–Trinajstić information content (AvgIpc) is 2.82. The first kappa shape index (κ1) is 13.8. The number of hydrogen-bond donors (Lipinski definition) is 0. The molecule has 18 heavy (non-hydrogen) atoms. The monoisotopic (exact) mass is 342 g/mol. The quantitative estimate of drug-likeness (QED) is 0.650. The van der Waals surface area contributed by atoms with Crippen LogP contribution in [0.5, 0.6) is 0 Å². The van der Waals surface area contributed by atoms with E-state index in [4.69, 9.17) is 11.6 Å². The summed E-state index contributed by atoms with van der Waals surface area (Å²) in [5.74, 6) is 0.181. The minimum atomic E-state index is 0.181. The summed E-state index contributed by atoms with van der Waals surface area (Å²) in [7, 11) is 0. The Morgan fingerprint density at radius 2 is 2.11 bits per heavy atom. The zero-order valence-corrected chi connectivity index (χ0v) is 13.2. The molecule has 0 spiro atoms. The van der Waals surface area contributed by atoms with Crippen LogP contribution in [0.2, 0.25) is 5.02 Å². The molecule has 94 valence electrons. The smallest absolute Gasteiger partial charge is 0.172 e. The normalized spacial score (nSPS) is 10.7. The fourth-order valence-electron chi connectivity index (χ4n) is 1.64. The molecule has 0 N–H and O–H groups in total. The van der Waals surface area contributed by atoms with Gasteiger partial charge in [0.25, 0.3) is 0 Å². The SMILES string of the molecule is CCC(=O)c1ccc(-c2cc(Cl)c(C)cc2Br)s1. The second kappa shape index (κ2) is 5.55. The molecular formula is C14H12BrClOS. The van der Waals surface area contributed by atoms with Crippen LogP contribution < -0.4 is 0 Å². The van der Waals surface area contributed by atoms with E-state index in [0.29, 0.717) is 6.42 Å². The Morgan fingerprint density at radius 1 is 1.39 bits per heavy atom. The van der Waals surface area contributed by atoms with Gasteiger partial charge in [0.05, 0.1) is 4.88 Å². The first-order valence-corrected chi connectivity index (χ1v) is 7.60. The maximum atomic E-state index is 11.6. The maximum absolute atomic E-state index is 11.6. The number of benzene rings is 1. The van der Waals surface area contributed by atoms with Gasteiger partial charge in [-0.3, -0.25) is 4.79 Å². The number of halogens is 2. The number of ketones is 1. The van der Waals surface area contributed by atoms with Gasteiger partial charge in [0.2, 0.25) is 0 Å². The Hall–Kier alpha value is -0.640. The molecule has 0 bridgehead atoms. The molecule has 2 aromatic rings. The highest BCUT2D eigenvalue weighted by molar-refractivity contribution is 9.10. The summed E-state index contributed by atoms with van der Waals surface area (Å²) >= 11 is 11.2. The summed E-state index contributed by atoms with van der Waals surface area (Å²) in [4.78, 5) is 13.5. The van der Waals surface area contributed by atoms with Crippen molar-refractivity contribution in [3.63, 3.8) is 0 Å². The fourth-order valence-corrected chi connectivity index (χ4v) is 3.65. The predicted octanol–water partition coefficient (Wildman–Crippen LogP) is 5.73. The van der Waals surface area contributed by atoms with Gasteiger partial charge in [0, 0.05) is 26.4 Å². The van der Waals surface area contributed by atoms with Crippen LogP contribution in [-0.2, 0) is 0 Å². The zero-order chi connectivity index (χ0) is 13.3. The Bertz CT molecular complexity index is 604. The van der Waals surface area contributed by atoms with Gasteiger partial charge < -0.3 is 0 Å². The summed E-state index contributed by atoms with van der Waals surface area (Å²) in [5.41, 5.74) is 2.07. The molecule has 0 fully saturated rings. The number of carbonyl (C=O) groups is 1. The van der Waals surface area contributed by atoms with Crippen LogP contribution in [0, 0.1) is 6.92 Å². The molecular weight excluding hydrogens is 332 g/mol. The molecule has 0 saturated heterocycles. The van der Waals surface area contributed by atoms with E-state index in [0.717, 1.165) is 30.4 Å². The highest BCUT2D eigenvalue weighted by Gasteiger charge is 2.12. The van der Waals surface area contributed by atoms with Gasteiger partial charge in [-0.2, -0.15) is 0 Å². The molecule has 1 nitrogen and oxygen atoms in total. The largest absolute Gasteiger partial charge is 0.293 e. The van der Waals surface area contributed by atoms with Crippen LogP contribution in [0.15, 0.2) is 28.7 Å². The minimum absolute atomic E-state index is 0.181. The average molecular weight is 344 g/mol. The zero-order valence-electron chi connectivity index (χ0n) is 10.1. The van der Waals surface area contributed by atoms with Gasteiger partial charge in [-0.25, -0.2) is 0 Å². The van der Waals surface area contributed by atoms with Crippen LogP contribution >= 0.6 is 38.9 Å². The lowest BCUT2D eigenvalue weighted by Crippen LogP contribution is -1.90. The predicted molar refractivity (Wildman–Crippen MR) is 81.8 cm³/mol. The Morgan fingerprint density at radius 3 is 2.78 bits per heavy atom. The molecule has 0 saturated carbocycles. The lowest BCUT2D eigenvalue weighted by Gasteiger charge is -2.05. The van der Waals surface area contributed by atoms with Gasteiger partial charge in [-0.1, -0.05) is 34.5 Å². The van der Waals surface area contributed by atoms with Crippen molar-refractivity contribution in [2.24, 2.45) is 0 Å². The number of hydrogen-bond acceptors (Lipinski definition) is 2. The van der Waals surface area contributed by atoms with Gasteiger partial charge in [-0.15, -0.1) is 11.3 Å². The highest BCUT2D eigenvalue weighted by Crippen LogP contribution is 2.37. The highest BCUT2D eigenvalue weighted by atomic mass is 79.9. The van der Waals surface area contributed by atoms with Gasteiger partial charge >= 0.3 is 0 Å². The van der Waals surface area contributed by atoms with E-state index in [-0.39, 0.29) is 5.78 Å². The Labute approximate surface area is 124 Å². The molecule has 0 aliphatic carbocycles. The van der Waals surface area contributed by atoms with Crippen LogP contribution in [0.1, 0.15) is 28.6 Å². The first-order chi connectivity index (χ1) is 8.52. The number of rotatable bonds is 3. The Balaban J connectivity index is 2.46. The van der Waals surface area contributed by atoms with Crippen molar-refractivity contribution >= 4 is 44.7 Å². The van der Waals surface area contributed by atoms with Crippen LogP contribution in [0.3, 0.4) is 0 Å². The van der Waals surface area contributed by atoms with Crippen molar-refractivity contribution in [3.8, 4) is 10.4 Å². The summed E-state index contributed by atoms with van der Waals surface area (Å²) in [6, 6.07) is 7.79. The molecule has 0 radical (unpaired) electrons. The van der Waals surface area contributed by atoms with Crippen LogP contribution in [-0.4, -0.2) is 5.78 Å². The molecule has 0 unspecified atom stereocenters. The van der Waals surface area contributed by atoms with E-state index in [1.54, 1.807) is 0 Å². The summed E-state index contributed by atoms with van der Waals surface area (Å²) in [6.07, 6.45) is 0.537. The molecule has 0 aliphatic rings. The topological polar surface area (TPSA) is 17.1 Å². The van der Waals surface area contributed by atoms with Crippen molar-refractivity contribution in [1.82, 2.24) is 0 Å². The van der Waals surface area contributed by atoms with Gasteiger partial charge in [0.1, 0.15) is 0 Å². The molecule has 1 aromatic carbocycles. The molecule has 4 heteroatoms. The van der Waals surface area contributed by atoms with E-state index in [1.165, 1.54) is 11.3 Å². The van der Waals surface area contributed by atoms with Crippen LogP contribution in [0.4, 0.5) is 0 Å². The lowest BCUT2D eigenvalue weighted by molar-refractivity contribution is 0.0992.